The van der Waals surface area contributed by atoms with Gasteiger partial charge in [-0.2, -0.15) is 0 Å². The van der Waals surface area contributed by atoms with E-state index in [4.69, 9.17) is 4.42 Å². The van der Waals surface area contributed by atoms with Gasteiger partial charge in [0.2, 0.25) is 0 Å². The Kier molecular flexibility index (Phi) is 2.97. The first-order valence-electron chi connectivity index (χ1n) is 6.54. The van der Waals surface area contributed by atoms with Crippen LogP contribution in [-0.4, -0.2) is 39.7 Å². The van der Waals surface area contributed by atoms with Crippen molar-refractivity contribution < 1.29 is 4.42 Å². The van der Waals surface area contributed by atoms with Crippen molar-refractivity contribution in [2.45, 2.75) is 6.92 Å². The molecule has 0 spiro atoms. The van der Waals surface area contributed by atoms with Gasteiger partial charge in [-0.25, -0.2) is 0 Å². The zero-order chi connectivity index (χ0) is 14.4. The molecule has 0 saturated heterocycles. The van der Waals surface area contributed by atoms with Crippen molar-refractivity contribution in [1.29, 1.82) is 0 Å². The SMILES string of the molecule is Cc1n[c]([Bi])nc(-c2cccc3c2oc2ccccc23)n1. The fraction of sp³-hybridized carbons (Fsp3) is 0.0625. The standard InChI is InChI=1S/C16H10N3O.Bi/c1-10-17-9-18-16(19-10)13-7-4-6-12-11-5-2-3-8-14(11)20-15(12)13;/h2-8H,1H3;. The van der Waals surface area contributed by atoms with E-state index in [1.165, 1.54) is 0 Å². The van der Waals surface area contributed by atoms with E-state index in [-0.39, 0.29) is 0 Å². The minimum atomic E-state index is 0.685. The van der Waals surface area contributed by atoms with E-state index < -0.39 is 0 Å². The molecule has 0 atom stereocenters. The molecular formula is C16H10BiN3O. The molecule has 0 aliphatic rings. The Labute approximate surface area is 136 Å². The molecule has 4 rings (SSSR count). The van der Waals surface area contributed by atoms with Crippen LogP contribution in [0.3, 0.4) is 0 Å². The van der Waals surface area contributed by atoms with E-state index in [0.717, 1.165) is 61.6 Å². The summed E-state index contributed by atoms with van der Waals surface area (Å²) >= 11 is 1.02. The molecule has 100 valence electrons. The molecule has 4 nitrogen and oxygen atoms in total. The van der Waals surface area contributed by atoms with Crippen LogP contribution in [0, 0.1) is 6.92 Å². The van der Waals surface area contributed by atoms with Crippen LogP contribution in [0.2, 0.25) is 0 Å². The second-order valence-electron chi connectivity index (χ2n) is 4.79. The summed E-state index contributed by atoms with van der Waals surface area (Å²) in [5.74, 6) is 1.43. The van der Waals surface area contributed by atoms with Crippen molar-refractivity contribution >= 4 is 50.2 Å². The molecule has 4 aromatic rings. The predicted molar refractivity (Wildman–Crippen MR) is 82.7 cm³/mol. The van der Waals surface area contributed by atoms with Crippen molar-refractivity contribution in [2.75, 3.05) is 0 Å². The summed E-state index contributed by atoms with van der Waals surface area (Å²) < 4.78 is 6.85. The number of furan rings is 1. The van der Waals surface area contributed by atoms with E-state index in [9.17, 15) is 0 Å². The molecular weight excluding hydrogens is 459 g/mol. The Morgan fingerprint density at radius 3 is 2.57 bits per heavy atom. The molecule has 2 heterocycles. The van der Waals surface area contributed by atoms with Gasteiger partial charge in [0.1, 0.15) is 0 Å². The number of fused-ring (bicyclic) bond motifs is 3. The quantitative estimate of drug-likeness (QED) is 0.403. The molecule has 0 aliphatic carbocycles. The molecule has 21 heavy (non-hydrogen) atoms. The number of hydrogen-bond acceptors (Lipinski definition) is 4. The summed E-state index contributed by atoms with van der Waals surface area (Å²) in [6, 6.07) is 14.1. The predicted octanol–water partition coefficient (Wildman–Crippen LogP) is 2.54. The van der Waals surface area contributed by atoms with Crippen molar-refractivity contribution in [3.63, 3.8) is 0 Å². The van der Waals surface area contributed by atoms with Crippen molar-refractivity contribution in [2.24, 2.45) is 0 Å². The maximum atomic E-state index is 6.03. The fourth-order valence-corrected chi connectivity index (χ4v) is 3.44. The number of nitrogens with zero attached hydrogens (tertiary/aromatic N) is 3. The van der Waals surface area contributed by atoms with Gasteiger partial charge >= 0.3 is 136 Å². The van der Waals surface area contributed by atoms with Crippen LogP contribution < -0.4 is 3.53 Å². The number of hydrogen-bond donors (Lipinski definition) is 0. The first kappa shape index (κ1) is 12.8. The van der Waals surface area contributed by atoms with Crippen LogP contribution in [0.25, 0.3) is 33.3 Å². The zero-order valence-corrected chi connectivity index (χ0v) is 14.7. The number of para-hydroxylation sites is 2. The maximum absolute atomic E-state index is 6.03. The van der Waals surface area contributed by atoms with E-state index in [2.05, 4.69) is 27.1 Å². The van der Waals surface area contributed by atoms with Gasteiger partial charge in [-0.05, 0) is 0 Å². The van der Waals surface area contributed by atoms with Crippen LogP contribution in [0.4, 0.5) is 0 Å². The van der Waals surface area contributed by atoms with Crippen LogP contribution in [0.15, 0.2) is 46.9 Å². The normalized spacial score (nSPS) is 11.3. The van der Waals surface area contributed by atoms with Gasteiger partial charge in [0, 0.05) is 0 Å². The second-order valence-corrected chi connectivity index (χ2v) is 6.34. The third kappa shape index (κ3) is 2.12. The minimum absolute atomic E-state index is 0.685. The summed E-state index contributed by atoms with van der Waals surface area (Å²) in [6.07, 6.45) is 0. The van der Waals surface area contributed by atoms with Crippen LogP contribution in [0.5, 0.6) is 0 Å². The van der Waals surface area contributed by atoms with Gasteiger partial charge in [-0.15, -0.1) is 0 Å². The Morgan fingerprint density at radius 1 is 0.905 bits per heavy atom. The van der Waals surface area contributed by atoms with Gasteiger partial charge in [-0.1, -0.05) is 0 Å². The van der Waals surface area contributed by atoms with E-state index >= 15 is 0 Å². The Bertz CT molecular complexity index is 958. The van der Waals surface area contributed by atoms with Crippen molar-refractivity contribution in [3.8, 4) is 11.4 Å². The van der Waals surface area contributed by atoms with Crippen molar-refractivity contribution in [3.05, 3.63) is 48.3 Å². The van der Waals surface area contributed by atoms with E-state index in [0.29, 0.717) is 5.82 Å². The first-order valence-corrected chi connectivity index (χ1v) is 8.28. The monoisotopic (exact) mass is 469 g/mol. The van der Waals surface area contributed by atoms with Gasteiger partial charge in [-0.3, -0.25) is 0 Å². The molecule has 2 aromatic carbocycles. The average molecular weight is 469 g/mol. The van der Waals surface area contributed by atoms with Gasteiger partial charge in [0.15, 0.2) is 0 Å². The second kappa shape index (κ2) is 4.85. The molecule has 0 unspecified atom stereocenters. The summed E-state index contributed by atoms with van der Waals surface area (Å²) in [4.78, 5) is 13.2. The van der Waals surface area contributed by atoms with Crippen molar-refractivity contribution in [1.82, 2.24) is 15.0 Å². The van der Waals surface area contributed by atoms with E-state index in [1.807, 2.05) is 37.3 Å². The van der Waals surface area contributed by atoms with Crippen LogP contribution in [0.1, 0.15) is 5.82 Å². The number of aromatic nitrogens is 3. The fourth-order valence-electron chi connectivity index (χ4n) is 2.51. The Hall–Kier alpha value is -1.87. The molecule has 0 fully saturated rings. The molecule has 0 saturated carbocycles. The Balaban J connectivity index is 2.09. The summed E-state index contributed by atoms with van der Waals surface area (Å²) in [5.41, 5.74) is 2.64. The number of rotatable bonds is 1. The van der Waals surface area contributed by atoms with Gasteiger partial charge in [0.25, 0.3) is 0 Å². The molecule has 0 aliphatic heterocycles. The third-order valence-electron chi connectivity index (χ3n) is 3.38. The third-order valence-corrected chi connectivity index (χ3v) is 4.16. The topological polar surface area (TPSA) is 51.8 Å². The molecule has 0 N–H and O–H groups in total. The van der Waals surface area contributed by atoms with Crippen LogP contribution in [-0.2, 0) is 0 Å². The average Bonchev–Trinajstić information content (AvgIpc) is 2.84. The van der Waals surface area contributed by atoms with E-state index in [1.54, 1.807) is 0 Å². The Morgan fingerprint density at radius 2 is 1.71 bits per heavy atom. The molecule has 2 radical (unpaired) electrons. The summed E-state index contributed by atoms with van der Waals surface area (Å²) in [6.45, 7) is 1.89. The van der Waals surface area contributed by atoms with Crippen LogP contribution >= 0.6 is 0 Å². The van der Waals surface area contributed by atoms with Gasteiger partial charge < -0.3 is 0 Å². The molecule has 0 bridgehead atoms. The number of benzene rings is 2. The molecule has 0 amide bonds. The molecule has 2 aromatic heterocycles. The van der Waals surface area contributed by atoms with Gasteiger partial charge in [0.05, 0.1) is 0 Å². The summed E-state index contributed by atoms with van der Waals surface area (Å²) in [7, 11) is 0. The molecule has 5 heteroatoms. The summed E-state index contributed by atoms with van der Waals surface area (Å²) in [5, 5.41) is 2.21. The number of aryl methyl sites for hydroxylation is 1. The first-order chi connectivity index (χ1) is 10.2. The zero-order valence-electron chi connectivity index (χ0n) is 11.2.